The number of carbonyl (C=O) groups is 1. The zero-order valence-corrected chi connectivity index (χ0v) is 19.0. The number of nitrogens with zero attached hydrogens (tertiary/aromatic N) is 2. The van der Waals surface area contributed by atoms with Crippen LogP contribution in [0.25, 0.3) is 0 Å². The van der Waals surface area contributed by atoms with Crippen LogP contribution >= 0.6 is 0 Å². The topological polar surface area (TPSA) is 68.2 Å². The van der Waals surface area contributed by atoms with Gasteiger partial charge in [-0.25, -0.2) is 4.79 Å². The average molecular weight is 439 g/mol. The summed E-state index contributed by atoms with van der Waals surface area (Å²) >= 11 is 0. The number of amides is 2. The van der Waals surface area contributed by atoms with Crippen molar-refractivity contribution in [3.63, 3.8) is 0 Å². The molecule has 3 aromatic rings. The van der Waals surface area contributed by atoms with Gasteiger partial charge in [0.05, 0.1) is 11.6 Å². The van der Waals surface area contributed by atoms with E-state index in [2.05, 4.69) is 35.8 Å². The number of nitriles is 1. The number of rotatable bonds is 6. The Labute approximate surface area is 196 Å². The summed E-state index contributed by atoms with van der Waals surface area (Å²) in [6.07, 6.45) is 3.83. The van der Waals surface area contributed by atoms with Crippen molar-refractivity contribution in [2.75, 3.05) is 10.2 Å². The Kier molecular flexibility index (Phi) is 7.26. The molecular weight excluding hydrogens is 408 g/mol. The van der Waals surface area contributed by atoms with Crippen molar-refractivity contribution in [2.45, 2.75) is 51.2 Å². The number of nitrogens with one attached hydrogen (secondary N) is 2. The predicted octanol–water partition coefficient (Wildman–Crippen LogP) is 6.01. The van der Waals surface area contributed by atoms with Crippen LogP contribution in [0.1, 0.15) is 42.4 Å². The number of carbonyl (C=O) groups excluding carboxylic acids is 1. The monoisotopic (exact) mass is 438 g/mol. The highest BCUT2D eigenvalue weighted by atomic mass is 16.2. The zero-order valence-electron chi connectivity index (χ0n) is 19.0. The molecule has 33 heavy (non-hydrogen) atoms. The Morgan fingerprint density at radius 1 is 0.939 bits per heavy atom. The van der Waals surface area contributed by atoms with Crippen molar-refractivity contribution in [1.29, 1.82) is 5.26 Å². The van der Waals surface area contributed by atoms with Gasteiger partial charge >= 0.3 is 6.03 Å². The first-order valence-corrected chi connectivity index (χ1v) is 11.6. The molecule has 0 bridgehead atoms. The first-order valence-electron chi connectivity index (χ1n) is 11.6. The zero-order chi connectivity index (χ0) is 23.0. The van der Waals surface area contributed by atoms with Crippen LogP contribution in [0.4, 0.5) is 16.2 Å². The van der Waals surface area contributed by atoms with Gasteiger partial charge in [0.15, 0.2) is 0 Å². The van der Waals surface area contributed by atoms with Crippen LogP contribution in [-0.2, 0) is 6.54 Å². The van der Waals surface area contributed by atoms with Gasteiger partial charge < -0.3 is 10.6 Å². The lowest BCUT2D eigenvalue weighted by atomic mass is 9.89. The van der Waals surface area contributed by atoms with Gasteiger partial charge in [0.25, 0.3) is 0 Å². The van der Waals surface area contributed by atoms with E-state index in [-0.39, 0.29) is 12.1 Å². The lowest BCUT2D eigenvalue weighted by Gasteiger charge is -2.37. The molecule has 168 valence electrons. The van der Waals surface area contributed by atoms with Crippen LogP contribution in [0.2, 0.25) is 0 Å². The molecule has 1 fully saturated rings. The van der Waals surface area contributed by atoms with Crippen LogP contribution in [-0.4, -0.2) is 18.1 Å². The van der Waals surface area contributed by atoms with Gasteiger partial charge in [-0.05, 0) is 74.6 Å². The van der Waals surface area contributed by atoms with Crippen molar-refractivity contribution in [3.05, 3.63) is 95.6 Å². The average Bonchev–Trinajstić information content (AvgIpc) is 2.86. The first-order chi connectivity index (χ1) is 16.1. The van der Waals surface area contributed by atoms with Gasteiger partial charge in [-0.1, -0.05) is 48.0 Å². The third kappa shape index (κ3) is 5.93. The molecule has 1 aliphatic carbocycles. The summed E-state index contributed by atoms with van der Waals surface area (Å²) < 4.78 is 0. The molecule has 0 spiro atoms. The minimum Gasteiger partial charge on any atom is -0.382 e. The lowest BCUT2D eigenvalue weighted by Crippen LogP contribution is -2.48. The summed E-state index contributed by atoms with van der Waals surface area (Å²) in [5.74, 6) is 0. The third-order valence-electron chi connectivity index (χ3n) is 6.26. The quantitative estimate of drug-likeness (QED) is 0.495. The molecular formula is C28H30N4O. The number of hydrogen-bond donors (Lipinski definition) is 2. The first kappa shape index (κ1) is 22.4. The van der Waals surface area contributed by atoms with E-state index in [1.807, 2.05) is 71.6 Å². The van der Waals surface area contributed by atoms with Crippen LogP contribution in [0.3, 0.4) is 0 Å². The predicted molar refractivity (Wildman–Crippen MR) is 133 cm³/mol. The summed E-state index contributed by atoms with van der Waals surface area (Å²) in [4.78, 5) is 15.3. The van der Waals surface area contributed by atoms with Crippen molar-refractivity contribution in [3.8, 4) is 6.07 Å². The second-order valence-corrected chi connectivity index (χ2v) is 8.69. The largest absolute Gasteiger partial charge is 0.382 e. The van der Waals surface area contributed by atoms with Crippen molar-refractivity contribution >= 4 is 17.4 Å². The molecule has 5 nitrogen and oxygen atoms in total. The number of benzene rings is 3. The van der Waals surface area contributed by atoms with E-state index in [4.69, 9.17) is 5.26 Å². The summed E-state index contributed by atoms with van der Waals surface area (Å²) in [6, 6.07) is 28.4. The molecule has 0 heterocycles. The standard InChI is InChI=1S/C28H30N4O/c1-21-7-15-26(16-8-21)32(28(33)30-20-23-5-3-2-4-6-23)27-17-13-25(14-18-27)31-24-11-9-22(19-29)10-12-24/h2-12,15-16,25,27,31H,13-14,17-18,20H2,1H3,(H,30,33). The normalized spacial score (nSPS) is 17.6. The van der Waals surface area contributed by atoms with Crippen molar-refractivity contribution in [2.24, 2.45) is 0 Å². The Morgan fingerprint density at radius 3 is 2.24 bits per heavy atom. The van der Waals surface area contributed by atoms with E-state index in [1.54, 1.807) is 0 Å². The molecule has 0 unspecified atom stereocenters. The maximum atomic E-state index is 13.3. The van der Waals surface area contributed by atoms with Crippen LogP contribution in [0, 0.1) is 18.3 Å². The molecule has 5 heteroatoms. The summed E-state index contributed by atoms with van der Waals surface area (Å²) in [7, 11) is 0. The fourth-order valence-electron chi connectivity index (χ4n) is 4.41. The number of hydrogen-bond acceptors (Lipinski definition) is 3. The van der Waals surface area contributed by atoms with E-state index in [1.165, 1.54) is 5.56 Å². The van der Waals surface area contributed by atoms with Gasteiger partial charge in [0.1, 0.15) is 0 Å². The third-order valence-corrected chi connectivity index (χ3v) is 6.26. The van der Waals surface area contributed by atoms with Gasteiger partial charge in [-0.15, -0.1) is 0 Å². The van der Waals surface area contributed by atoms with E-state index in [9.17, 15) is 4.79 Å². The molecule has 1 saturated carbocycles. The Hall–Kier alpha value is -3.78. The second kappa shape index (κ2) is 10.7. The van der Waals surface area contributed by atoms with Gasteiger partial charge in [-0.2, -0.15) is 5.26 Å². The summed E-state index contributed by atoms with van der Waals surface area (Å²) in [5.41, 5.74) is 4.91. The van der Waals surface area contributed by atoms with Gasteiger partial charge in [0.2, 0.25) is 0 Å². The van der Waals surface area contributed by atoms with Crippen LogP contribution < -0.4 is 15.5 Å². The van der Waals surface area contributed by atoms with E-state index < -0.39 is 0 Å². The highest BCUT2D eigenvalue weighted by Gasteiger charge is 2.30. The lowest BCUT2D eigenvalue weighted by molar-refractivity contribution is 0.240. The van der Waals surface area contributed by atoms with Crippen LogP contribution in [0.15, 0.2) is 78.9 Å². The van der Waals surface area contributed by atoms with Crippen molar-refractivity contribution < 1.29 is 4.79 Å². The van der Waals surface area contributed by atoms with Gasteiger partial charge in [-0.3, -0.25) is 4.90 Å². The minimum atomic E-state index is -0.0498. The molecule has 0 aromatic heterocycles. The highest BCUT2D eigenvalue weighted by molar-refractivity contribution is 5.92. The highest BCUT2D eigenvalue weighted by Crippen LogP contribution is 2.29. The molecule has 2 amide bonds. The molecule has 0 radical (unpaired) electrons. The Balaban J connectivity index is 1.41. The van der Waals surface area contributed by atoms with Crippen LogP contribution in [0.5, 0.6) is 0 Å². The SMILES string of the molecule is Cc1ccc(N(C(=O)NCc2ccccc2)C2CCC(Nc3ccc(C#N)cc3)CC2)cc1. The number of aryl methyl sites for hydroxylation is 1. The molecule has 0 saturated heterocycles. The summed E-state index contributed by atoms with van der Waals surface area (Å²) in [6.45, 7) is 2.57. The second-order valence-electron chi connectivity index (χ2n) is 8.69. The molecule has 0 aliphatic heterocycles. The fourth-order valence-corrected chi connectivity index (χ4v) is 4.41. The molecule has 3 aromatic carbocycles. The molecule has 4 rings (SSSR count). The fraction of sp³-hybridized carbons (Fsp3) is 0.286. The smallest absolute Gasteiger partial charge is 0.322 e. The molecule has 0 atom stereocenters. The Bertz CT molecular complexity index is 1080. The molecule has 1 aliphatic rings. The maximum Gasteiger partial charge on any atom is 0.322 e. The minimum absolute atomic E-state index is 0.0498. The maximum absolute atomic E-state index is 13.3. The van der Waals surface area contributed by atoms with E-state index >= 15 is 0 Å². The van der Waals surface area contributed by atoms with E-state index in [0.29, 0.717) is 18.2 Å². The molecule has 2 N–H and O–H groups in total. The van der Waals surface area contributed by atoms with Crippen molar-refractivity contribution in [1.82, 2.24) is 5.32 Å². The number of urea groups is 1. The van der Waals surface area contributed by atoms with E-state index in [0.717, 1.165) is 42.6 Å². The number of anilines is 2. The summed E-state index contributed by atoms with van der Waals surface area (Å²) in [5, 5.41) is 15.7. The van der Waals surface area contributed by atoms with Gasteiger partial charge in [0, 0.05) is 30.0 Å². The Morgan fingerprint density at radius 2 is 1.61 bits per heavy atom.